The number of piperidine rings is 1. The van der Waals surface area contributed by atoms with Gasteiger partial charge in [0.05, 0.1) is 6.10 Å². The molecule has 0 aromatic rings. The Bertz CT molecular complexity index is 189. The summed E-state index contributed by atoms with van der Waals surface area (Å²) in [5, 5.41) is 3.61. The van der Waals surface area contributed by atoms with Gasteiger partial charge in [0.15, 0.2) is 0 Å². The van der Waals surface area contributed by atoms with E-state index in [1.807, 2.05) is 0 Å². The first-order valence-electron chi connectivity index (χ1n) is 6.53. The molecule has 1 unspecified atom stereocenters. The molecule has 4 heteroatoms. The Morgan fingerprint density at radius 3 is 2.81 bits per heavy atom. The third-order valence-electron chi connectivity index (χ3n) is 3.41. The normalized spacial score (nSPS) is 29.4. The summed E-state index contributed by atoms with van der Waals surface area (Å²) in [6.07, 6.45) is 2.96. The molecule has 0 aromatic carbocycles. The molecule has 3 nitrogen and oxygen atoms in total. The summed E-state index contributed by atoms with van der Waals surface area (Å²) in [4.78, 5) is 2.60. The van der Waals surface area contributed by atoms with Crippen LogP contribution in [0.1, 0.15) is 19.8 Å². The highest BCUT2D eigenvalue weighted by Gasteiger charge is 2.22. The van der Waals surface area contributed by atoms with Gasteiger partial charge in [-0.05, 0) is 19.8 Å². The Hall–Kier alpha value is 0.230. The minimum Gasteiger partial charge on any atom is -0.378 e. The quantitative estimate of drug-likeness (QED) is 0.803. The number of hydrogen-bond acceptors (Lipinski definition) is 4. The van der Waals surface area contributed by atoms with Gasteiger partial charge in [-0.15, -0.1) is 0 Å². The van der Waals surface area contributed by atoms with Gasteiger partial charge in [-0.3, -0.25) is 0 Å². The van der Waals surface area contributed by atoms with E-state index in [0.29, 0.717) is 12.1 Å². The maximum atomic E-state index is 5.67. The van der Waals surface area contributed by atoms with E-state index in [-0.39, 0.29) is 0 Å². The molecule has 2 aliphatic heterocycles. The fraction of sp³-hybridized carbons (Fsp3) is 1.00. The van der Waals surface area contributed by atoms with Crippen LogP contribution in [0.4, 0.5) is 0 Å². The SMILES string of the molecule is CCOC1CCN(CC2CSCCN2)CC1. The van der Waals surface area contributed by atoms with Crippen molar-refractivity contribution < 1.29 is 4.74 Å². The molecule has 0 saturated carbocycles. The van der Waals surface area contributed by atoms with E-state index >= 15 is 0 Å². The van der Waals surface area contributed by atoms with Crippen molar-refractivity contribution in [2.45, 2.75) is 31.9 Å². The lowest BCUT2D eigenvalue weighted by molar-refractivity contribution is 0.0128. The minimum atomic E-state index is 0.523. The van der Waals surface area contributed by atoms with Crippen molar-refractivity contribution in [3.8, 4) is 0 Å². The van der Waals surface area contributed by atoms with Crippen LogP contribution < -0.4 is 5.32 Å². The fourth-order valence-corrected chi connectivity index (χ4v) is 3.48. The summed E-state index contributed by atoms with van der Waals surface area (Å²) in [6, 6.07) is 0.711. The van der Waals surface area contributed by atoms with Gasteiger partial charge in [0, 0.05) is 50.3 Å². The smallest absolute Gasteiger partial charge is 0.0599 e. The van der Waals surface area contributed by atoms with Crippen molar-refractivity contribution in [3.63, 3.8) is 0 Å². The van der Waals surface area contributed by atoms with Crippen molar-refractivity contribution in [2.75, 3.05) is 44.3 Å². The van der Waals surface area contributed by atoms with Crippen LogP contribution in [0.2, 0.25) is 0 Å². The molecule has 2 rings (SSSR count). The van der Waals surface area contributed by atoms with Crippen molar-refractivity contribution >= 4 is 11.8 Å². The highest BCUT2D eigenvalue weighted by molar-refractivity contribution is 7.99. The second-order valence-corrected chi connectivity index (χ2v) is 5.83. The molecule has 2 fully saturated rings. The molecule has 94 valence electrons. The van der Waals surface area contributed by atoms with E-state index in [2.05, 4.69) is 28.9 Å². The molecule has 2 heterocycles. The van der Waals surface area contributed by atoms with Crippen LogP contribution in [0.3, 0.4) is 0 Å². The van der Waals surface area contributed by atoms with Gasteiger partial charge < -0.3 is 15.0 Å². The number of thioether (sulfide) groups is 1. The molecule has 0 aromatic heterocycles. The van der Waals surface area contributed by atoms with Crippen molar-refractivity contribution in [1.82, 2.24) is 10.2 Å². The molecule has 1 N–H and O–H groups in total. The predicted octanol–water partition coefficient (Wildman–Crippen LogP) is 1.19. The number of nitrogens with one attached hydrogen (secondary N) is 1. The van der Waals surface area contributed by atoms with Crippen LogP contribution in [0.15, 0.2) is 0 Å². The van der Waals surface area contributed by atoms with Crippen molar-refractivity contribution in [3.05, 3.63) is 0 Å². The van der Waals surface area contributed by atoms with E-state index in [1.54, 1.807) is 0 Å². The topological polar surface area (TPSA) is 24.5 Å². The summed E-state index contributed by atoms with van der Waals surface area (Å²) in [5.74, 6) is 2.56. The Morgan fingerprint density at radius 2 is 2.19 bits per heavy atom. The Labute approximate surface area is 103 Å². The predicted molar refractivity (Wildman–Crippen MR) is 70.2 cm³/mol. The standard InChI is InChI=1S/C12H24N2OS/c1-2-15-12-3-6-14(7-4-12)9-11-10-16-8-5-13-11/h11-13H,2-10H2,1H3. The second kappa shape index (κ2) is 6.84. The molecule has 1 atom stereocenters. The van der Waals surface area contributed by atoms with Gasteiger partial charge in [-0.2, -0.15) is 11.8 Å². The molecule has 0 radical (unpaired) electrons. The molecule has 0 bridgehead atoms. The molecule has 0 amide bonds. The summed E-state index contributed by atoms with van der Waals surface area (Å²) in [6.45, 7) is 7.80. The maximum absolute atomic E-state index is 5.67. The molecule has 2 saturated heterocycles. The number of nitrogens with zero attached hydrogens (tertiary/aromatic N) is 1. The van der Waals surface area contributed by atoms with E-state index in [9.17, 15) is 0 Å². The fourth-order valence-electron chi connectivity index (χ4n) is 2.54. The first kappa shape index (κ1) is 12.7. The average molecular weight is 244 g/mol. The van der Waals surface area contributed by atoms with Gasteiger partial charge in [0.1, 0.15) is 0 Å². The molecular formula is C12H24N2OS. The number of likely N-dealkylation sites (tertiary alicyclic amines) is 1. The molecular weight excluding hydrogens is 220 g/mol. The lowest BCUT2D eigenvalue weighted by atomic mass is 10.1. The first-order chi connectivity index (χ1) is 7.88. The van der Waals surface area contributed by atoms with Crippen molar-refractivity contribution in [1.29, 1.82) is 0 Å². The summed E-state index contributed by atoms with van der Waals surface area (Å²) in [5.41, 5.74) is 0. The van der Waals surface area contributed by atoms with Crippen molar-refractivity contribution in [2.24, 2.45) is 0 Å². The Balaban J connectivity index is 1.64. The lowest BCUT2D eigenvalue weighted by Crippen LogP contribution is -2.48. The van der Waals surface area contributed by atoms with Gasteiger partial charge >= 0.3 is 0 Å². The van der Waals surface area contributed by atoms with Gasteiger partial charge in [-0.1, -0.05) is 0 Å². The monoisotopic (exact) mass is 244 g/mol. The van der Waals surface area contributed by atoms with Gasteiger partial charge in [0.25, 0.3) is 0 Å². The van der Waals surface area contributed by atoms with Crippen LogP contribution in [-0.2, 0) is 4.74 Å². The number of hydrogen-bond donors (Lipinski definition) is 1. The molecule has 0 spiro atoms. The second-order valence-electron chi connectivity index (χ2n) is 4.68. The maximum Gasteiger partial charge on any atom is 0.0599 e. The van der Waals surface area contributed by atoms with E-state index in [4.69, 9.17) is 4.74 Å². The van der Waals surface area contributed by atoms with Crippen LogP contribution in [-0.4, -0.2) is 61.3 Å². The van der Waals surface area contributed by atoms with Gasteiger partial charge in [0.2, 0.25) is 0 Å². The van der Waals surface area contributed by atoms with E-state index in [0.717, 1.165) is 6.61 Å². The number of ether oxygens (including phenoxy) is 1. The first-order valence-corrected chi connectivity index (χ1v) is 7.69. The van der Waals surface area contributed by atoms with E-state index < -0.39 is 0 Å². The zero-order valence-electron chi connectivity index (χ0n) is 10.3. The largest absolute Gasteiger partial charge is 0.378 e. The third kappa shape index (κ3) is 3.91. The summed E-state index contributed by atoms with van der Waals surface area (Å²) in [7, 11) is 0. The van der Waals surface area contributed by atoms with Gasteiger partial charge in [-0.25, -0.2) is 0 Å². The highest BCUT2D eigenvalue weighted by atomic mass is 32.2. The van der Waals surface area contributed by atoms with E-state index in [1.165, 1.54) is 50.5 Å². The molecule has 0 aliphatic carbocycles. The third-order valence-corrected chi connectivity index (χ3v) is 4.54. The van der Waals surface area contributed by atoms with Crippen LogP contribution in [0, 0.1) is 0 Å². The average Bonchev–Trinajstić information content (AvgIpc) is 2.33. The Morgan fingerprint density at radius 1 is 1.38 bits per heavy atom. The molecule has 2 aliphatic rings. The zero-order valence-corrected chi connectivity index (χ0v) is 11.1. The van der Waals surface area contributed by atoms with Crippen LogP contribution in [0.25, 0.3) is 0 Å². The highest BCUT2D eigenvalue weighted by Crippen LogP contribution is 2.15. The minimum absolute atomic E-state index is 0.523. The lowest BCUT2D eigenvalue weighted by Gasteiger charge is -2.35. The molecule has 16 heavy (non-hydrogen) atoms. The number of rotatable bonds is 4. The van der Waals surface area contributed by atoms with Crippen LogP contribution in [0.5, 0.6) is 0 Å². The van der Waals surface area contributed by atoms with Crippen LogP contribution >= 0.6 is 11.8 Å². The summed E-state index contributed by atoms with van der Waals surface area (Å²) < 4.78 is 5.67. The Kier molecular flexibility index (Phi) is 5.42. The summed E-state index contributed by atoms with van der Waals surface area (Å²) >= 11 is 2.09. The zero-order chi connectivity index (χ0) is 11.2.